The molecule has 1 aromatic carbocycles. The van der Waals surface area contributed by atoms with Crippen molar-refractivity contribution >= 4 is 6.29 Å². The topological polar surface area (TPSA) is 58.7 Å². The Bertz CT molecular complexity index is 593. The predicted octanol–water partition coefficient (Wildman–Crippen LogP) is 2.19. The first-order valence-electron chi connectivity index (χ1n) is 5.19. The van der Waals surface area contributed by atoms with Crippen LogP contribution in [0.2, 0.25) is 0 Å². The number of nitrogens with zero attached hydrogens (tertiary/aromatic N) is 3. The van der Waals surface area contributed by atoms with E-state index in [4.69, 9.17) is 5.26 Å². The van der Waals surface area contributed by atoms with Crippen LogP contribution in [-0.2, 0) is 6.54 Å². The van der Waals surface area contributed by atoms with Crippen LogP contribution >= 0.6 is 0 Å². The summed E-state index contributed by atoms with van der Waals surface area (Å²) < 4.78 is 1.57. The Morgan fingerprint density at radius 1 is 1.41 bits per heavy atom. The fourth-order valence-electron chi connectivity index (χ4n) is 1.72. The van der Waals surface area contributed by atoms with Gasteiger partial charge in [0.15, 0.2) is 0 Å². The second-order valence-electron chi connectivity index (χ2n) is 3.83. The quantitative estimate of drug-likeness (QED) is 0.752. The summed E-state index contributed by atoms with van der Waals surface area (Å²) in [5.41, 5.74) is 3.52. The summed E-state index contributed by atoms with van der Waals surface area (Å²) in [6.45, 7) is 2.17. The molecule has 0 aliphatic carbocycles. The highest BCUT2D eigenvalue weighted by Crippen LogP contribution is 2.21. The zero-order valence-corrected chi connectivity index (χ0v) is 9.42. The molecular weight excluding hydrogens is 214 g/mol. The largest absolute Gasteiger partial charge is 0.298 e. The Hall–Kier alpha value is -2.41. The molecule has 0 fully saturated rings. The van der Waals surface area contributed by atoms with Crippen LogP contribution in [-0.4, -0.2) is 16.1 Å². The standard InChI is InChI=1S/C13H11N3O/c1-10-4-11(9-17)6-12(5-10)13-7-15-16(8-13)3-2-14/h4-9H,3H2,1H3. The van der Waals surface area contributed by atoms with Gasteiger partial charge in [-0.3, -0.25) is 9.48 Å². The fourth-order valence-corrected chi connectivity index (χ4v) is 1.72. The van der Waals surface area contributed by atoms with Crippen LogP contribution in [0.3, 0.4) is 0 Å². The molecule has 0 N–H and O–H groups in total. The van der Waals surface area contributed by atoms with Gasteiger partial charge in [-0.05, 0) is 30.2 Å². The van der Waals surface area contributed by atoms with Crippen LogP contribution in [0.1, 0.15) is 15.9 Å². The molecule has 0 radical (unpaired) electrons. The summed E-state index contributed by atoms with van der Waals surface area (Å²) in [6.07, 6.45) is 4.32. The Morgan fingerprint density at radius 3 is 2.94 bits per heavy atom. The monoisotopic (exact) mass is 225 g/mol. The van der Waals surface area contributed by atoms with Crippen LogP contribution in [0, 0.1) is 18.3 Å². The fraction of sp³-hybridized carbons (Fsp3) is 0.154. The first kappa shape index (κ1) is 11.1. The molecule has 0 atom stereocenters. The minimum Gasteiger partial charge on any atom is -0.298 e. The lowest BCUT2D eigenvalue weighted by Gasteiger charge is -2.01. The molecule has 2 rings (SSSR count). The zero-order chi connectivity index (χ0) is 12.3. The lowest BCUT2D eigenvalue weighted by molar-refractivity contribution is 0.112. The van der Waals surface area contributed by atoms with Gasteiger partial charge < -0.3 is 0 Å². The van der Waals surface area contributed by atoms with Crippen molar-refractivity contribution in [3.8, 4) is 17.2 Å². The average molecular weight is 225 g/mol. The van der Waals surface area contributed by atoms with Gasteiger partial charge in [0.1, 0.15) is 12.8 Å². The molecule has 17 heavy (non-hydrogen) atoms. The highest BCUT2D eigenvalue weighted by Gasteiger charge is 2.04. The number of aryl methyl sites for hydroxylation is 1. The van der Waals surface area contributed by atoms with Crippen LogP contribution < -0.4 is 0 Å². The minimum absolute atomic E-state index is 0.229. The van der Waals surface area contributed by atoms with E-state index in [1.165, 1.54) is 0 Å². The van der Waals surface area contributed by atoms with Gasteiger partial charge in [-0.25, -0.2) is 0 Å². The first-order valence-corrected chi connectivity index (χ1v) is 5.19. The molecule has 1 heterocycles. The number of benzene rings is 1. The Kier molecular flexibility index (Phi) is 3.01. The summed E-state index contributed by atoms with van der Waals surface area (Å²) in [4.78, 5) is 10.8. The van der Waals surface area contributed by atoms with Gasteiger partial charge in [0.2, 0.25) is 0 Å². The zero-order valence-electron chi connectivity index (χ0n) is 9.42. The number of carbonyl (C=O) groups is 1. The van der Waals surface area contributed by atoms with Crippen molar-refractivity contribution in [3.63, 3.8) is 0 Å². The molecule has 0 bridgehead atoms. The maximum atomic E-state index is 10.8. The molecule has 0 saturated heterocycles. The van der Waals surface area contributed by atoms with E-state index in [0.717, 1.165) is 23.0 Å². The van der Waals surface area contributed by atoms with Gasteiger partial charge in [-0.15, -0.1) is 0 Å². The van der Waals surface area contributed by atoms with Crippen molar-refractivity contribution in [1.82, 2.24) is 9.78 Å². The Morgan fingerprint density at radius 2 is 2.24 bits per heavy atom. The lowest BCUT2D eigenvalue weighted by Crippen LogP contribution is -1.94. The third-order valence-electron chi connectivity index (χ3n) is 2.44. The van der Waals surface area contributed by atoms with Crippen molar-refractivity contribution in [2.45, 2.75) is 13.5 Å². The highest BCUT2D eigenvalue weighted by molar-refractivity contribution is 5.79. The van der Waals surface area contributed by atoms with Crippen LogP contribution in [0.25, 0.3) is 11.1 Å². The number of aromatic nitrogens is 2. The van der Waals surface area contributed by atoms with E-state index in [1.807, 2.05) is 31.2 Å². The molecular formula is C13H11N3O. The highest BCUT2D eigenvalue weighted by atomic mass is 16.1. The molecule has 0 unspecified atom stereocenters. The normalized spacial score (nSPS) is 9.88. The van der Waals surface area contributed by atoms with Gasteiger partial charge >= 0.3 is 0 Å². The van der Waals surface area contributed by atoms with Crippen molar-refractivity contribution in [2.75, 3.05) is 0 Å². The Balaban J connectivity index is 2.41. The van der Waals surface area contributed by atoms with E-state index in [1.54, 1.807) is 17.1 Å². The van der Waals surface area contributed by atoms with Gasteiger partial charge in [0.25, 0.3) is 0 Å². The maximum Gasteiger partial charge on any atom is 0.150 e. The number of carbonyl (C=O) groups excluding carboxylic acids is 1. The molecule has 0 amide bonds. The second kappa shape index (κ2) is 4.62. The number of hydrogen-bond donors (Lipinski definition) is 0. The molecule has 0 saturated carbocycles. The summed E-state index contributed by atoms with van der Waals surface area (Å²) in [5, 5.41) is 12.6. The number of aldehydes is 1. The van der Waals surface area contributed by atoms with E-state index in [-0.39, 0.29) is 6.54 Å². The minimum atomic E-state index is 0.229. The molecule has 84 valence electrons. The molecule has 4 heteroatoms. The van der Waals surface area contributed by atoms with Crippen molar-refractivity contribution in [2.24, 2.45) is 0 Å². The SMILES string of the molecule is Cc1cc(C=O)cc(-c2cnn(CC#N)c2)c1. The average Bonchev–Trinajstić information content (AvgIpc) is 2.77. The van der Waals surface area contributed by atoms with Crippen LogP contribution in [0.4, 0.5) is 0 Å². The summed E-state index contributed by atoms with van der Waals surface area (Å²) >= 11 is 0. The van der Waals surface area contributed by atoms with Crippen molar-refractivity contribution in [1.29, 1.82) is 5.26 Å². The number of nitriles is 1. The third kappa shape index (κ3) is 2.40. The smallest absolute Gasteiger partial charge is 0.150 e. The van der Waals surface area contributed by atoms with E-state index in [9.17, 15) is 4.79 Å². The third-order valence-corrected chi connectivity index (χ3v) is 2.44. The summed E-state index contributed by atoms with van der Waals surface area (Å²) in [6, 6.07) is 7.66. The van der Waals surface area contributed by atoms with E-state index < -0.39 is 0 Å². The van der Waals surface area contributed by atoms with Gasteiger partial charge in [-0.2, -0.15) is 10.4 Å². The first-order chi connectivity index (χ1) is 8.22. The van der Waals surface area contributed by atoms with Crippen molar-refractivity contribution in [3.05, 3.63) is 41.7 Å². The van der Waals surface area contributed by atoms with Gasteiger partial charge in [0, 0.05) is 17.3 Å². The predicted molar refractivity (Wildman–Crippen MR) is 63.4 cm³/mol. The maximum absolute atomic E-state index is 10.8. The number of hydrogen-bond acceptors (Lipinski definition) is 3. The molecule has 0 aliphatic rings. The van der Waals surface area contributed by atoms with E-state index in [0.29, 0.717) is 5.56 Å². The van der Waals surface area contributed by atoms with Gasteiger partial charge in [0.05, 0.1) is 12.3 Å². The lowest BCUT2D eigenvalue weighted by atomic mass is 10.0. The van der Waals surface area contributed by atoms with E-state index >= 15 is 0 Å². The molecule has 4 nitrogen and oxygen atoms in total. The number of rotatable bonds is 3. The summed E-state index contributed by atoms with van der Waals surface area (Å²) in [7, 11) is 0. The van der Waals surface area contributed by atoms with Crippen LogP contribution in [0.5, 0.6) is 0 Å². The van der Waals surface area contributed by atoms with E-state index in [2.05, 4.69) is 5.10 Å². The Labute approximate surface area is 99.1 Å². The molecule has 0 aliphatic heterocycles. The van der Waals surface area contributed by atoms with Gasteiger partial charge in [-0.1, -0.05) is 6.07 Å². The molecule has 1 aromatic heterocycles. The van der Waals surface area contributed by atoms with Crippen LogP contribution in [0.15, 0.2) is 30.6 Å². The second-order valence-corrected chi connectivity index (χ2v) is 3.83. The van der Waals surface area contributed by atoms with Crippen molar-refractivity contribution < 1.29 is 4.79 Å². The summed E-state index contributed by atoms with van der Waals surface area (Å²) in [5.74, 6) is 0. The molecule has 0 spiro atoms. The molecule has 2 aromatic rings.